The predicted octanol–water partition coefficient (Wildman–Crippen LogP) is 2.87. The van der Waals surface area contributed by atoms with Crippen LogP contribution in [0.4, 0.5) is 25.8 Å². The Kier molecular flexibility index (Phi) is 4.77. The fraction of sp³-hybridized carbons (Fsp3) is 0.286. The van der Waals surface area contributed by atoms with Crippen molar-refractivity contribution in [1.82, 2.24) is 0 Å². The molecule has 0 radical (unpaired) electrons. The number of nitrogens with one attached hydrogen (secondary N) is 1. The maximum Gasteiger partial charge on any atom is 0.229 e. The van der Waals surface area contributed by atoms with Gasteiger partial charge in [-0.15, -0.1) is 0 Å². The molecule has 0 spiro atoms. The van der Waals surface area contributed by atoms with E-state index >= 15 is 0 Å². The SMILES string of the molecule is CC(=O)N1CCc2cc(N3C[C@@H](C(=O)Nc4ccc(F)c(F)c4)CC3=O)ccc21. The van der Waals surface area contributed by atoms with Crippen molar-refractivity contribution in [3.05, 3.63) is 53.6 Å². The standard InChI is InChI=1S/C21H19F2N3O3/c1-12(27)25-7-6-13-8-16(3-5-19(13)25)26-11-14(9-20(26)28)21(29)24-15-2-4-17(22)18(23)10-15/h2-5,8,10,14H,6-7,9,11H2,1H3,(H,24,29)/t14-/m0/s1. The van der Waals surface area contributed by atoms with E-state index in [2.05, 4.69) is 5.32 Å². The second-order valence-corrected chi connectivity index (χ2v) is 7.26. The van der Waals surface area contributed by atoms with E-state index in [4.69, 9.17) is 0 Å². The average molecular weight is 399 g/mol. The summed E-state index contributed by atoms with van der Waals surface area (Å²) in [5.74, 6) is -3.28. The lowest BCUT2D eigenvalue weighted by Gasteiger charge is -2.19. The highest BCUT2D eigenvalue weighted by atomic mass is 19.2. The number of halogens is 2. The van der Waals surface area contributed by atoms with Crippen molar-refractivity contribution in [3.8, 4) is 0 Å². The van der Waals surface area contributed by atoms with Crippen molar-refractivity contribution in [2.75, 3.05) is 28.2 Å². The Morgan fingerprint density at radius 3 is 2.62 bits per heavy atom. The van der Waals surface area contributed by atoms with E-state index in [1.54, 1.807) is 15.9 Å². The van der Waals surface area contributed by atoms with Crippen LogP contribution >= 0.6 is 0 Å². The molecule has 1 atom stereocenters. The first kappa shape index (κ1) is 19.0. The number of fused-ring (bicyclic) bond motifs is 1. The second-order valence-electron chi connectivity index (χ2n) is 7.26. The molecule has 1 N–H and O–H groups in total. The van der Waals surface area contributed by atoms with Gasteiger partial charge in [0.15, 0.2) is 11.6 Å². The number of carbonyl (C=O) groups excluding carboxylic acids is 3. The second kappa shape index (κ2) is 7.27. The highest BCUT2D eigenvalue weighted by molar-refractivity contribution is 6.04. The smallest absolute Gasteiger partial charge is 0.229 e. The monoisotopic (exact) mass is 399 g/mol. The summed E-state index contributed by atoms with van der Waals surface area (Å²) in [6.45, 7) is 2.33. The van der Waals surface area contributed by atoms with Crippen LogP contribution in [-0.2, 0) is 20.8 Å². The van der Waals surface area contributed by atoms with Gasteiger partial charge >= 0.3 is 0 Å². The zero-order chi connectivity index (χ0) is 20.7. The molecular weight excluding hydrogens is 380 g/mol. The van der Waals surface area contributed by atoms with Gasteiger partial charge in [-0.2, -0.15) is 0 Å². The molecule has 29 heavy (non-hydrogen) atoms. The minimum atomic E-state index is -1.05. The summed E-state index contributed by atoms with van der Waals surface area (Å²) < 4.78 is 26.4. The molecule has 4 rings (SSSR count). The Hall–Kier alpha value is -3.29. The molecule has 2 aromatic carbocycles. The molecule has 0 aromatic heterocycles. The molecule has 0 bridgehead atoms. The van der Waals surface area contributed by atoms with Gasteiger partial charge in [-0.1, -0.05) is 0 Å². The van der Waals surface area contributed by atoms with E-state index in [1.165, 1.54) is 13.0 Å². The quantitative estimate of drug-likeness (QED) is 0.863. The molecular formula is C21H19F2N3O3. The summed E-state index contributed by atoms with van der Waals surface area (Å²) in [6.07, 6.45) is 0.747. The summed E-state index contributed by atoms with van der Waals surface area (Å²) in [5.41, 5.74) is 2.66. The van der Waals surface area contributed by atoms with Crippen LogP contribution in [0.25, 0.3) is 0 Å². The molecule has 6 nitrogen and oxygen atoms in total. The van der Waals surface area contributed by atoms with E-state index in [-0.39, 0.29) is 30.5 Å². The summed E-state index contributed by atoms with van der Waals surface area (Å²) in [5, 5.41) is 2.54. The van der Waals surface area contributed by atoms with Gasteiger partial charge in [0.25, 0.3) is 0 Å². The predicted molar refractivity (Wildman–Crippen MR) is 104 cm³/mol. The van der Waals surface area contributed by atoms with E-state index in [9.17, 15) is 23.2 Å². The lowest BCUT2D eigenvalue weighted by molar-refractivity contribution is -0.122. The molecule has 1 saturated heterocycles. The molecule has 150 valence electrons. The lowest BCUT2D eigenvalue weighted by atomic mass is 10.1. The third-order valence-corrected chi connectivity index (χ3v) is 5.33. The van der Waals surface area contributed by atoms with Gasteiger partial charge < -0.3 is 15.1 Å². The molecule has 2 aliphatic rings. The number of nitrogens with zero attached hydrogens (tertiary/aromatic N) is 2. The Balaban J connectivity index is 1.47. The molecule has 0 saturated carbocycles. The first-order chi connectivity index (χ1) is 13.8. The largest absolute Gasteiger partial charge is 0.326 e. The van der Waals surface area contributed by atoms with Crippen molar-refractivity contribution in [3.63, 3.8) is 0 Å². The Morgan fingerprint density at radius 2 is 1.90 bits per heavy atom. The van der Waals surface area contributed by atoms with Gasteiger partial charge in [-0.3, -0.25) is 14.4 Å². The molecule has 2 heterocycles. The minimum Gasteiger partial charge on any atom is -0.326 e. The first-order valence-electron chi connectivity index (χ1n) is 9.31. The zero-order valence-electron chi connectivity index (χ0n) is 15.7. The molecule has 2 aliphatic heterocycles. The van der Waals surface area contributed by atoms with Crippen molar-refractivity contribution >= 4 is 34.8 Å². The van der Waals surface area contributed by atoms with Gasteiger partial charge in [0.1, 0.15) is 0 Å². The number of hydrogen-bond donors (Lipinski definition) is 1. The highest BCUT2D eigenvalue weighted by Gasteiger charge is 2.36. The summed E-state index contributed by atoms with van der Waals surface area (Å²) in [4.78, 5) is 39.9. The van der Waals surface area contributed by atoms with Crippen LogP contribution in [0, 0.1) is 17.6 Å². The Labute approximate surface area is 166 Å². The van der Waals surface area contributed by atoms with Gasteiger partial charge in [0, 0.05) is 49.6 Å². The molecule has 2 aromatic rings. The summed E-state index contributed by atoms with van der Waals surface area (Å²) in [7, 11) is 0. The number of amides is 3. The fourth-order valence-corrected chi connectivity index (χ4v) is 3.83. The Bertz CT molecular complexity index is 1020. The fourth-order valence-electron chi connectivity index (χ4n) is 3.83. The van der Waals surface area contributed by atoms with Crippen LogP contribution in [0.15, 0.2) is 36.4 Å². The maximum atomic E-state index is 13.3. The number of hydrogen-bond acceptors (Lipinski definition) is 3. The van der Waals surface area contributed by atoms with Crippen molar-refractivity contribution < 1.29 is 23.2 Å². The van der Waals surface area contributed by atoms with Crippen LogP contribution < -0.4 is 15.1 Å². The van der Waals surface area contributed by atoms with Gasteiger partial charge in [-0.25, -0.2) is 8.78 Å². The topological polar surface area (TPSA) is 69.7 Å². The van der Waals surface area contributed by atoms with Crippen LogP contribution in [0.2, 0.25) is 0 Å². The maximum absolute atomic E-state index is 13.3. The van der Waals surface area contributed by atoms with Crippen molar-refractivity contribution in [2.45, 2.75) is 19.8 Å². The lowest BCUT2D eigenvalue weighted by Crippen LogP contribution is -2.28. The number of benzene rings is 2. The minimum absolute atomic E-state index is 0.0253. The third-order valence-electron chi connectivity index (χ3n) is 5.33. The van der Waals surface area contributed by atoms with Gasteiger partial charge in [0.2, 0.25) is 17.7 Å². The molecule has 0 unspecified atom stereocenters. The van der Waals surface area contributed by atoms with Crippen molar-refractivity contribution in [1.29, 1.82) is 0 Å². The van der Waals surface area contributed by atoms with Gasteiger partial charge in [-0.05, 0) is 42.3 Å². The van der Waals surface area contributed by atoms with E-state index in [0.29, 0.717) is 18.7 Å². The van der Waals surface area contributed by atoms with Crippen LogP contribution in [0.5, 0.6) is 0 Å². The first-order valence-corrected chi connectivity index (χ1v) is 9.31. The number of anilines is 3. The molecule has 8 heteroatoms. The third kappa shape index (κ3) is 3.57. The number of rotatable bonds is 3. The molecule has 1 fully saturated rings. The average Bonchev–Trinajstić information content (AvgIpc) is 3.27. The number of carbonyl (C=O) groups is 3. The van der Waals surface area contributed by atoms with Crippen LogP contribution in [-0.4, -0.2) is 30.8 Å². The normalized spacial score (nSPS) is 18.2. The van der Waals surface area contributed by atoms with Crippen LogP contribution in [0.1, 0.15) is 18.9 Å². The zero-order valence-corrected chi connectivity index (χ0v) is 15.7. The molecule has 3 amide bonds. The van der Waals surface area contributed by atoms with Gasteiger partial charge in [0.05, 0.1) is 5.92 Å². The summed E-state index contributed by atoms with van der Waals surface area (Å²) in [6, 6.07) is 8.58. The van der Waals surface area contributed by atoms with E-state index < -0.39 is 23.5 Å². The van der Waals surface area contributed by atoms with E-state index in [0.717, 1.165) is 23.4 Å². The molecule has 0 aliphatic carbocycles. The highest BCUT2D eigenvalue weighted by Crippen LogP contribution is 2.34. The summed E-state index contributed by atoms with van der Waals surface area (Å²) >= 11 is 0. The Morgan fingerprint density at radius 1 is 1.10 bits per heavy atom. The van der Waals surface area contributed by atoms with E-state index in [1.807, 2.05) is 12.1 Å². The van der Waals surface area contributed by atoms with Crippen molar-refractivity contribution in [2.24, 2.45) is 5.92 Å². The van der Waals surface area contributed by atoms with Crippen LogP contribution in [0.3, 0.4) is 0 Å².